The number of hydrogen-bond acceptors (Lipinski definition) is 5. The van der Waals surface area contributed by atoms with Crippen LogP contribution in [0.2, 0.25) is 0 Å². The minimum absolute atomic E-state index is 0.347. The van der Waals surface area contributed by atoms with E-state index in [2.05, 4.69) is 9.73 Å². The van der Waals surface area contributed by atoms with Crippen molar-refractivity contribution in [1.29, 1.82) is 0 Å². The second-order valence-corrected chi connectivity index (χ2v) is 5.39. The van der Waals surface area contributed by atoms with Crippen molar-refractivity contribution in [3.63, 3.8) is 0 Å². The van der Waals surface area contributed by atoms with Gasteiger partial charge in [0.05, 0.1) is 10.5 Å². The summed E-state index contributed by atoms with van der Waals surface area (Å²) < 4.78 is 58.0. The Balaban J connectivity index is 2.62. The van der Waals surface area contributed by atoms with Crippen molar-refractivity contribution in [2.45, 2.75) is 31.7 Å². The summed E-state index contributed by atoms with van der Waals surface area (Å²) in [4.78, 5) is 13.9. The first-order valence-corrected chi connectivity index (χ1v) is 6.50. The van der Waals surface area contributed by atoms with E-state index in [0.717, 1.165) is 18.2 Å². The molecular formula is C13H13F4N3O3. The Morgan fingerprint density at radius 1 is 1.43 bits per heavy atom. The zero-order valence-electron chi connectivity index (χ0n) is 12.1. The maximum atomic E-state index is 14.1. The van der Waals surface area contributed by atoms with Crippen LogP contribution in [0.4, 0.5) is 23.2 Å². The van der Waals surface area contributed by atoms with Gasteiger partial charge in [-0.2, -0.15) is 13.2 Å². The van der Waals surface area contributed by atoms with Crippen molar-refractivity contribution in [3.8, 4) is 0 Å². The summed E-state index contributed by atoms with van der Waals surface area (Å²) >= 11 is 0. The van der Waals surface area contributed by atoms with Crippen LogP contribution in [0.15, 0.2) is 23.2 Å². The second-order valence-electron chi connectivity index (χ2n) is 5.39. The minimum atomic E-state index is -4.75. The van der Waals surface area contributed by atoms with Crippen molar-refractivity contribution in [2.24, 2.45) is 16.6 Å². The maximum Gasteiger partial charge on any atom is 0.425 e. The van der Waals surface area contributed by atoms with Gasteiger partial charge in [-0.1, -0.05) is 6.92 Å². The maximum absolute atomic E-state index is 14.1. The van der Waals surface area contributed by atoms with Crippen molar-refractivity contribution in [2.75, 3.05) is 0 Å². The molecule has 1 aliphatic rings. The Hall–Kier alpha value is -2.39. The summed E-state index contributed by atoms with van der Waals surface area (Å²) in [6, 6.07) is 1.84. The number of nitrogens with two attached hydrogens (primary N) is 1. The summed E-state index contributed by atoms with van der Waals surface area (Å²) in [6.45, 7) is 2.40. The third-order valence-electron chi connectivity index (χ3n) is 3.96. The number of nitro groups is 1. The van der Waals surface area contributed by atoms with Crippen LogP contribution < -0.4 is 5.73 Å². The molecule has 6 nitrogen and oxygen atoms in total. The van der Waals surface area contributed by atoms with E-state index in [1.165, 1.54) is 13.8 Å². The number of nitrogens with zero attached hydrogens (tertiary/aromatic N) is 2. The first kappa shape index (κ1) is 17.0. The van der Waals surface area contributed by atoms with E-state index < -0.39 is 46.2 Å². The number of non-ortho nitro benzene ring substituents is 1. The zero-order chi connectivity index (χ0) is 17.6. The molecule has 0 fully saturated rings. The fraction of sp³-hybridized carbons (Fsp3) is 0.462. The highest BCUT2D eigenvalue weighted by atomic mass is 19.4. The highest BCUT2D eigenvalue weighted by molar-refractivity contribution is 5.73. The molecule has 1 heterocycles. The zero-order valence-corrected chi connectivity index (χ0v) is 12.1. The van der Waals surface area contributed by atoms with Crippen LogP contribution >= 0.6 is 0 Å². The molecule has 23 heavy (non-hydrogen) atoms. The summed E-state index contributed by atoms with van der Waals surface area (Å²) in [5.41, 5.74) is 2.74. The molecule has 0 bridgehead atoms. The summed E-state index contributed by atoms with van der Waals surface area (Å²) in [7, 11) is 0. The number of nitro benzene ring substituents is 1. The predicted octanol–water partition coefficient (Wildman–Crippen LogP) is 2.86. The van der Waals surface area contributed by atoms with Crippen LogP contribution in [0.1, 0.15) is 19.4 Å². The number of halogens is 4. The standard InChI is InChI=1S/C13H13F4N3O3/c1-6-10(13(15,16)17)23-11(18)19-12(6,2)8-5-7(20(21)22)3-4-9(8)14/h3-6,10H,1-2H3,(H2,18,19)/t6-,10-,12-/m0/s1. The lowest BCUT2D eigenvalue weighted by atomic mass is 9.76. The Kier molecular flexibility index (Phi) is 3.95. The Morgan fingerprint density at radius 3 is 2.57 bits per heavy atom. The lowest BCUT2D eigenvalue weighted by Crippen LogP contribution is -2.52. The van der Waals surface area contributed by atoms with Gasteiger partial charge in [0.2, 0.25) is 6.10 Å². The van der Waals surface area contributed by atoms with Gasteiger partial charge in [0, 0.05) is 23.6 Å². The average molecular weight is 335 g/mol. The lowest BCUT2D eigenvalue weighted by Gasteiger charge is -2.41. The molecular weight excluding hydrogens is 322 g/mol. The number of amidine groups is 1. The van der Waals surface area contributed by atoms with Crippen LogP contribution in [0.3, 0.4) is 0 Å². The van der Waals surface area contributed by atoms with Gasteiger partial charge in [-0.15, -0.1) is 0 Å². The number of alkyl halides is 3. The van der Waals surface area contributed by atoms with Crippen LogP contribution in [0.25, 0.3) is 0 Å². The van der Waals surface area contributed by atoms with Gasteiger partial charge in [-0.25, -0.2) is 9.38 Å². The van der Waals surface area contributed by atoms with E-state index in [1.54, 1.807) is 0 Å². The molecule has 2 rings (SSSR count). The molecule has 0 aliphatic carbocycles. The molecule has 0 saturated carbocycles. The van der Waals surface area contributed by atoms with Gasteiger partial charge < -0.3 is 10.5 Å². The summed E-state index contributed by atoms with van der Waals surface area (Å²) in [5, 5.41) is 10.8. The molecule has 126 valence electrons. The lowest BCUT2D eigenvalue weighted by molar-refractivity contribution is -0.385. The van der Waals surface area contributed by atoms with Gasteiger partial charge in [-0.3, -0.25) is 10.1 Å². The van der Waals surface area contributed by atoms with Gasteiger partial charge in [0.15, 0.2) is 0 Å². The molecule has 0 saturated heterocycles. The monoisotopic (exact) mass is 335 g/mol. The van der Waals surface area contributed by atoms with E-state index in [9.17, 15) is 27.7 Å². The molecule has 0 aromatic heterocycles. The predicted molar refractivity (Wildman–Crippen MR) is 72.1 cm³/mol. The van der Waals surface area contributed by atoms with Crippen LogP contribution in [0.5, 0.6) is 0 Å². The Bertz CT molecular complexity index is 677. The molecule has 3 atom stereocenters. The number of benzene rings is 1. The van der Waals surface area contributed by atoms with Gasteiger partial charge >= 0.3 is 6.18 Å². The van der Waals surface area contributed by atoms with Crippen molar-refractivity contribution in [1.82, 2.24) is 0 Å². The van der Waals surface area contributed by atoms with Crippen LogP contribution in [-0.2, 0) is 10.3 Å². The topological polar surface area (TPSA) is 90.8 Å². The first-order chi connectivity index (χ1) is 10.5. The third-order valence-corrected chi connectivity index (χ3v) is 3.96. The molecule has 0 amide bonds. The van der Waals surface area contributed by atoms with Crippen molar-refractivity contribution >= 4 is 11.7 Å². The second kappa shape index (κ2) is 5.36. The van der Waals surface area contributed by atoms with E-state index in [4.69, 9.17) is 5.73 Å². The first-order valence-electron chi connectivity index (χ1n) is 6.50. The Morgan fingerprint density at radius 2 is 2.04 bits per heavy atom. The average Bonchev–Trinajstić information content (AvgIpc) is 2.41. The third kappa shape index (κ3) is 2.92. The van der Waals surface area contributed by atoms with Gasteiger partial charge in [0.25, 0.3) is 11.7 Å². The largest absolute Gasteiger partial charge is 0.452 e. The van der Waals surface area contributed by atoms with Crippen LogP contribution in [-0.4, -0.2) is 23.2 Å². The molecule has 1 aromatic carbocycles. The van der Waals surface area contributed by atoms with E-state index in [-0.39, 0.29) is 5.56 Å². The summed E-state index contributed by atoms with van der Waals surface area (Å²) in [6.07, 6.45) is -7.05. The number of aliphatic imine (C=N–C) groups is 1. The SMILES string of the molecule is C[C@H]1[C@@H](C(F)(F)F)OC(N)=N[C@]1(C)c1cc([N+](=O)[O-])ccc1F. The summed E-state index contributed by atoms with van der Waals surface area (Å²) in [5.74, 6) is -2.27. The van der Waals surface area contributed by atoms with Crippen LogP contribution in [0, 0.1) is 21.8 Å². The van der Waals surface area contributed by atoms with Crippen molar-refractivity contribution in [3.05, 3.63) is 39.7 Å². The Labute approximate surface area is 128 Å². The van der Waals surface area contributed by atoms with E-state index in [0.29, 0.717) is 0 Å². The smallest absolute Gasteiger partial charge is 0.425 e. The van der Waals surface area contributed by atoms with Gasteiger partial charge in [0.1, 0.15) is 5.82 Å². The highest BCUT2D eigenvalue weighted by Gasteiger charge is 2.55. The molecule has 0 spiro atoms. The number of rotatable bonds is 2. The molecule has 1 aromatic rings. The van der Waals surface area contributed by atoms with Gasteiger partial charge in [-0.05, 0) is 13.0 Å². The number of hydrogen-bond donors (Lipinski definition) is 1. The molecule has 0 radical (unpaired) electrons. The van der Waals surface area contributed by atoms with Crippen molar-refractivity contribution < 1.29 is 27.2 Å². The molecule has 0 unspecified atom stereocenters. The highest BCUT2D eigenvalue weighted by Crippen LogP contribution is 2.45. The minimum Gasteiger partial charge on any atom is -0.452 e. The van der Waals surface area contributed by atoms with E-state index in [1.807, 2.05) is 0 Å². The fourth-order valence-electron chi connectivity index (χ4n) is 2.55. The van der Waals surface area contributed by atoms with E-state index >= 15 is 0 Å². The quantitative estimate of drug-likeness (QED) is 0.511. The number of ether oxygens (including phenoxy) is 1. The molecule has 2 N–H and O–H groups in total. The fourth-order valence-corrected chi connectivity index (χ4v) is 2.55. The molecule has 10 heteroatoms. The molecule has 1 aliphatic heterocycles. The normalized spacial score (nSPS) is 28.0.